The maximum absolute atomic E-state index is 13.0. The molecule has 1 aliphatic rings. The molecule has 0 aromatic heterocycles. The van der Waals surface area contributed by atoms with Gasteiger partial charge in [0.2, 0.25) is 5.91 Å². The fourth-order valence-corrected chi connectivity index (χ4v) is 4.09. The zero-order valence-corrected chi connectivity index (χ0v) is 15.7. The predicted octanol–water partition coefficient (Wildman–Crippen LogP) is 3.69. The largest absolute Gasteiger partial charge is 0.338 e. The highest BCUT2D eigenvalue weighted by molar-refractivity contribution is 5.77. The number of nitrogens with one attached hydrogen (secondary N) is 1. The third-order valence-corrected chi connectivity index (χ3v) is 5.33. The summed E-state index contributed by atoms with van der Waals surface area (Å²) in [4.78, 5) is 15.1. The van der Waals surface area contributed by atoms with Gasteiger partial charge in [0.05, 0.1) is 0 Å². The molecule has 1 unspecified atom stereocenters. The molecule has 3 rings (SSSR count). The van der Waals surface area contributed by atoms with Crippen molar-refractivity contribution in [3.63, 3.8) is 0 Å². The highest BCUT2D eigenvalue weighted by Crippen LogP contribution is 2.23. The van der Waals surface area contributed by atoms with Crippen LogP contribution in [0.4, 0.5) is 0 Å². The Hall–Kier alpha value is -2.13. The van der Waals surface area contributed by atoms with Crippen LogP contribution in [0.25, 0.3) is 0 Å². The molecule has 1 fully saturated rings. The van der Waals surface area contributed by atoms with Crippen molar-refractivity contribution in [1.29, 1.82) is 0 Å². The second-order valence-corrected chi connectivity index (χ2v) is 7.39. The van der Waals surface area contributed by atoms with Crippen LogP contribution in [0.1, 0.15) is 30.4 Å². The van der Waals surface area contributed by atoms with Crippen LogP contribution >= 0.6 is 0 Å². The SMILES string of the molecule is CNCC1CCCN1C(=O)CC(Cc1ccccc1)Cc1ccccc1. The predicted molar refractivity (Wildman–Crippen MR) is 107 cm³/mol. The lowest BCUT2D eigenvalue weighted by Crippen LogP contribution is -2.41. The van der Waals surface area contributed by atoms with E-state index in [2.05, 4.69) is 58.7 Å². The van der Waals surface area contributed by atoms with Crippen molar-refractivity contribution in [3.05, 3.63) is 71.8 Å². The Morgan fingerprint density at radius 3 is 2.15 bits per heavy atom. The number of benzene rings is 2. The van der Waals surface area contributed by atoms with Gasteiger partial charge in [-0.05, 0) is 49.8 Å². The topological polar surface area (TPSA) is 32.3 Å². The summed E-state index contributed by atoms with van der Waals surface area (Å²) in [6.07, 6.45) is 4.77. The van der Waals surface area contributed by atoms with E-state index in [4.69, 9.17) is 0 Å². The minimum atomic E-state index is 0.319. The van der Waals surface area contributed by atoms with Crippen molar-refractivity contribution in [3.8, 4) is 0 Å². The molecule has 1 N–H and O–H groups in total. The average molecular weight is 351 g/mol. The van der Waals surface area contributed by atoms with Gasteiger partial charge in [0.25, 0.3) is 0 Å². The summed E-state index contributed by atoms with van der Waals surface area (Å²) in [7, 11) is 1.97. The molecule has 0 radical (unpaired) electrons. The second kappa shape index (κ2) is 9.54. The monoisotopic (exact) mass is 350 g/mol. The van der Waals surface area contributed by atoms with Gasteiger partial charge in [-0.25, -0.2) is 0 Å². The smallest absolute Gasteiger partial charge is 0.223 e. The molecular formula is C23H30N2O. The summed E-state index contributed by atoms with van der Waals surface area (Å²) in [5, 5.41) is 3.23. The first-order valence-corrected chi connectivity index (χ1v) is 9.78. The first-order valence-electron chi connectivity index (χ1n) is 9.78. The lowest BCUT2D eigenvalue weighted by Gasteiger charge is -2.27. The zero-order chi connectivity index (χ0) is 18.2. The third kappa shape index (κ3) is 5.18. The number of rotatable bonds is 8. The third-order valence-electron chi connectivity index (χ3n) is 5.33. The molecule has 1 heterocycles. The van der Waals surface area contributed by atoms with Gasteiger partial charge in [0, 0.05) is 25.6 Å². The number of carbonyl (C=O) groups excluding carboxylic acids is 1. The quantitative estimate of drug-likeness (QED) is 0.787. The van der Waals surface area contributed by atoms with E-state index in [1.165, 1.54) is 11.1 Å². The molecule has 1 amide bonds. The highest BCUT2D eigenvalue weighted by Gasteiger charge is 2.29. The van der Waals surface area contributed by atoms with Crippen molar-refractivity contribution in [2.24, 2.45) is 5.92 Å². The van der Waals surface area contributed by atoms with E-state index in [0.717, 1.165) is 38.8 Å². The minimum absolute atomic E-state index is 0.319. The van der Waals surface area contributed by atoms with Gasteiger partial charge in [0.15, 0.2) is 0 Å². The van der Waals surface area contributed by atoms with Crippen LogP contribution in [0.15, 0.2) is 60.7 Å². The van der Waals surface area contributed by atoms with E-state index in [9.17, 15) is 4.79 Å². The Morgan fingerprint density at radius 1 is 1.04 bits per heavy atom. The average Bonchev–Trinajstić information content (AvgIpc) is 3.12. The van der Waals surface area contributed by atoms with Crippen molar-refractivity contribution >= 4 is 5.91 Å². The Balaban J connectivity index is 1.69. The van der Waals surface area contributed by atoms with Crippen LogP contribution in [0.5, 0.6) is 0 Å². The Morgan fingerprint density at radius 2 is 1.62 bits per heavy atom. The van der Waals surface area contributed by atoms with Crippen LogP contribution in [0.2, 0.25) is 0 Å². The summed E-state index contributed by atoms with van der Waals surface area (Å²) < 4.78 is 0. The van der Waals surface area contributed by atoms with Gasteiger partial charge in [-0.3, -0.25) is 4.79 Å². The number of nitrogens with zero attached hydrogens (tertiary/aromatic N) is 1. The molecule has 1 saturated heterocycles. The summed E-state index contributed by atoms with van der Waals surface area (Å²) >= 11 is 0. The molecule has 0 aliphatic carbocycles. The molecule has 2 aromatic rings. The lowest BCUT2D eigenvalue weighted by atomic mass is 9.89. The summed E-state index contributed by atoms with van der Waals surface area (Å²) in [5.41, 5.74) is 2.63. The summed E-state index contributed by atoms with van der Waals surface area (Å²) in [5.74, 6) is 0.655. The minimum Gasteiger partial charge on any atom is -0.338 e. The second-order valence-electron chi connectivity index (χ2n) is 7.39. The van der Waals surface area contributed by atoms with Crippen molar-refractivity contribution in [1.82, 2.24) is 10.2 Å². The van der Waals surface area contributed by atoms with Crippen LogP contribution in [-0.2, 0) is 17.6 Å². The molecule has 0 spiro atoms. The van der Waals surface area contributed by atoms with Crippen LogP contribution in [0, 0.1) is 5.92 Å². The first-order chi connectivity index (χ1) is 12.8. The number of hydrogen-bond acceptors (Lipinski definition) is 2. The standard InChI is InChI=1S/C23H30N2O/c1-24-18-22-13-8-14-25(22)23(26)17-21(15-19-9-4-2-5-10-19)16-20-11-6-3-7-12-20/h2-7,9-12,21-22,24H,8,13-18H2,1H3. The van der Waals surface area contributed by atoms with Gasteiger partial charge < -0.3 is 10.2 Å². The van der Waals surface area contributed by atoms with E-state index in [-0.39, 0.29) is 0 Å². The molecule has 3 heteroatoms. The molecule has 138 valence electrons. The molecule has 2 aromatic carbocycles. The number of carbonyl (C=O) groups is 1. The van der Waals surface area contributed by atoms with Crippen molar-refractivity contribution in [2.75, 3.05) is 20.1 Å². The van der Waals surface area contributed by atoms with E-state index < -0.39 is 0 Å². The van der Waals surface area contributed by atoms with Crippen LogP contribution < -0.4 is 5.32 Å². The van der Waals surface area contributed by atoms with E-state index in [1.54, 1.807) is 0 Å². The number of likely N-dealkylation sites (tertiary alicyclic amines) is 1. The van der Waals surface area contributed by atoms with Gasteiger partial charge in [-0.15, -0.1) is 0 Å². The van der Waals surface area contributed by atoms with E-state index in [0.29, 0.717) is 24.3 Å². The summed E-state index contributed by atoms with van der Waals surface area (Å²) in [6, 6.07) is 21.5. The van der Waals surface area contributed by atoms with Gasteiger partial charge in [0.1, 0.15) is 0 Å². The molecule has 26 heavy (non-hydrogen) atoms. The molecular weight excluding hydrogens is 320 g/mol. The number of likely N-dealkylation sites (N-methyl/N-ethyl adjacent to an activating group) is 1. The van der Waals surface area contributed by atoms with E-state index >= 15 is 0 Å². The van der Waals surface area contributed by atoms with Gasteiger partial charge >= 0.3 is 0 Å². The van der Waals surface area contributed by atoms with Crippen LogP contribution in [0.3, 0.4) is 0 Å². The fraction of sp³-hybridized carbons (Fsp3) is 0.435. The van der Waals surface area contributed by atoms with Gasteiger partial charge in [-0.2, -0.15) is 0 Å². The number of amides is 1. The van der Waals surface area contributed by atoms with Crippen LogP contribution in [-0.4, -0.2) is 37.0 Å². The Labute approximate surface area is 157 Å². The Bertz CT molecular complexity index is 630. The van der Waals surface area contributed by atoms with E-state index in [1.807, 2.05) is 19.2 Å². The highest BCUT2D eigenvalue weighted by atomic mass is 16.2. The molecule has 0 saturated carbocycles. The number of hydrogen-bond donors (Lipinski definition) is 1. The Kier molecular flexibility index (Phi) is 6.84. The zero-order valence-electron chi connectivity index (χ0n) is 15.7. The summed E-state index contributed by atoms with van der Waals surface area (Å²) in [6.45, 7) is 1.81. The fourth-order valence-electron chi connectivity index (χ4n) is 4.09. The normalized spacial score (nSPS) is 17.0. The first kappa shape index (κ1) is 18.7. The molecule has 1 aliphatic heterocycles. The molecule has 1 atom stereocenters. The van der Waals surface area contributed by atoms with Gasteiger partial charge in [-0.1, -0.05) is 60.7 Å². The molecule has 0 bridgehead atoms. The lowest BCUT2D eigenvalue weighted by molar-refractivity contribution is -0.132. The van der Waals surface area contributed by atoms with Crippen molar-refractivity contribution in [2.45, 2.75) is 38.1 Å². The maximum Gasteiger partial charge on any atom is 0.223 e. The molecule has 3 nitrogen and oxygen atoms in total. The maximum atomic E-state index is 13.0. The van der Waals surface area contributed by atoms with Crippen molar-refractivity contribution < 1.29 is 4.79 Å².